The Morgan fingerprint density at radius 1 is 1.53 bits per heavy atom. The lowest BCUT2D eigenvalue weighted by Gasteiger charge is -2.20. The second kappa shape index (κ2) is 5.14. The molecule has 1 aliphatic carbocycles. The van der Waals surface area contributed by atoms with Gasteiger partial charge in [0.05, 0.1) is 5.69 Å². The molecule has 0 spiro atoms. The minimum Gasteiger partial charge on any atom is -0.476 e. The third-order valence-electron chi connectivity index (χ3n) is 3.24. The molecule has 1 aromatic heterocycles. The number of aliphatic hydroxyl groups excluding tert-OH is 1. The average Bonchev–Trinajstić information content (AvgIpc) is 2.77. The number of rotatable bonds is 4. The summed E-state index contributed by atoms with van der Waals surface area (Å²) >= 11 is 0. The van der Waals surface area contributed by atoms with Gasteiger partial charge in [0.15, 0.2) is 5.69 Å². The van der Waals surface area contributed by atoms with Gasteiger partial charge in [-0.15, -0.1) is 0 Å². The molecule has 92 valence electrons. The molecule has 2 unspecified atom stereocenters. The Bertz CT molecular complexity index is 408. The van der Waals surface area contributed by atoms with E-state index < -0.39 is 5.97 Å². The second-order valence-electron chi connectivity index (χ2n) is 4.33. The maximum Gasteiger partial charge on any atom is 0.356 e. The quantitative estimate of drug-likeness (QED) is 0.735. The summed E-state index contributed by atoms with van der Waals surface area (Å²) in [5.74, 6) is -0.830. The topological polar surface area (TPSA) is 82.5 Å². The van der Waals surface area contributed by atoms with E-state index in [1.165, 1.54) is 6.20 Å². The van der Waals surface area contributed by atoms with Gasteiger partial charge in [-0.3, -0.25) is 0 Å². The molecule has 0 amide bonds. The molecule has 5 heteroatoms. The maximum absolute atomic E-state index is 11.0. The van der Waals surface area contributed by atoms with Gasteiger partial charge < -0.3 is 15.5 Å². The van der Waals surface area contributed by atoms with Crippen molar-refractivity contribution in [2.45, 2.75) is 25.3 Å². The van der Waals surface area contributed by atoms with Gasteiger partial charge in [0.25, 0.3) is 0 Å². The number of aromatic nitrogens is 1. The molecule has 0 bridgehead atoms. The highest BCUT2D eigenvalue weighted by Gasteiger charge is 2.27. The molecule has 0 radical (unpaired) electrons. The van der Waals surface area contributed by atoms with Crippen LogP contribution in [0.4, 0.5) is 5.69 Å². The number of anilines is 1. The first-order chi connectivity index (χ1) is 8.22. The summed E-state index contributed by atoms with van der Waals surface area (Å²) in [5.41, 5.74) is 0.571. The fourth-order valence-electron chi connectivity index (χ4n) is 2.34. The molecule has 2 rings (SSSR count). The first-order valence-corrected chi connectivity index (χ1v) is 5.78. The number of aromatic carboxylic acids is 1. The fraction of sp³-hybridized carbons (Fsp3) is 0.500. The number of nitrogens with one attached hydrogen (secondary N) is 1. The fourth-order valence-corrected chi connectivity index (χ4v) is 2.34. The van der Waals surface area contributed by atoms with Crippen LogP contribution in [-0.2, 0) is 0 Å². The molecule has 0 aromatic carbocycles. The summed E-state index contributed by atoms with van der Waals surface area (Å²) in [4.78, 5) is 14.8. The van der Waals surface area contributed by atoms with Gasteiger partial charge >= 0.3 is 5.97 Å². The normalized spacial score (nSPS) is 23.6. The Balaban J connectivity index is 2.15. The van der Waals surface area contributed by atoms with Crippen LogP contribution >= 0.6 is 0 Å². The van der Waals surface area contributed by atoms with Gasteiger partial charge in [0.1, 0.15) is 0 Å². The highest BCUT2D eigenvalue weighted by Crippen LogP contribution is 2.28. The summed E-state index contributed by atoms with van der Waals surface area (Å²) in [5, 5.41) is 21.4. The maximum atomic E-state index is 11.0. The van der Waals surface area contributed by atoms with E-state index in [4.69, 9.17) is 5.11 Å². The van der Waals surface area contributed by atoms with E-state index in [1.807, 2.05) is 0 Å². The van der Waals surface area contributed by atoms with Crippen molar-refractivity contribution in [3.05, 3.63) is 24.0 Å². The van der Waals surface area contributed by atoms with Crippen LogP contribution in [0, 0.1) is 5.92 Å². The lowest BCUT2D eigenvalue weighted by Crippen LogP contribution is -2.27. The van der Waals surface area contributed by atoms with Crippen LogP contribution in [0.3, 0.4) is 0 Å². The van der Waals surface area contributed by atoms with Crippen LogP contribution in [-0.4, -0.2) is 33.8 Å². The van der Waals surface area contributed by atoms with Gasteiger partial charge in [-0.05, 0) is 25.0 Å². The van der Waals surface area contributed by atoms with Crippen molar-refractivity contribution >= 4 is 11.7 Å². The first kappa shape index (κ1) is 11.9. The Labute approximate surface area is 99.5 Å². The second-order valence-corrected chi connectivity index (χ2v) is 4.33. The average molecular weight is 236 g/mol. The van der Waals surface area contributed by atoms with Crippen molar-refractivity contribution in [2.24, 2.45) is 5.92 Å². The van der Waals surface area contributed by atoms with Crippen LogP contribution < -0.4 is 5.32 Å². The minimum absolute atomic E-state index is 0.0380. The number of nitrogens with zero attached hydrogens (tertiary/aromatic N) is 1. The molecule has 3 N–H and O–H groups in total. The molecule has 1 aromatic rings. The van der Waals surface area contributed by atoms with E-state index in [0.717, 1.165) is 19.3 Å². The van der Waals surface area contributed by atoms with Crippen LogP contribution in [0.1, 0.15) is 29.8 Å². The van der Waals surface area contributed by atoms with Gasteiger partial charge in [-0.25, -0.2) is 9.78 Å². The Hall–Kier alpha value is -1.62. The molecule has 0 aliphatic heterocycles. The van der Waals surface area contributed by atoms with Gasteiger partial charge in [-0.2, -0.15) is 0 Å². The molecule has 2 atom stereocenters. The number of carboxylic acid groups (broad SMARTS) is 1. The van der Waals surface area contributed by atoms with Gasteiger partial charge in [0.2, 0.25) is 0 Å². The molecule has 5 nitrogen and oxygen atoms in total. The zero-order valence-corrected chi connectivity index (χ0v) is 9.47. The third kappa shape index (κ3) is 2.55. The molecule has 1 saturated carbocycles. The third-order valence-corrected chi connectivity index (χ3v) is 3.24. The van der Waals surface area contributed by atoms with Crippen LogP contribution in [0.5, 0.6) is 0 Å². The van der Waals surface area contributed by atoms with Gasteiger partial charge in [-0.1, -0.05) is 6.42 Å². The number of hydrogen-bond donors (Lipinski definition) is 3. The molecular formula is C12H16N2O3. The van der Waals surface area contributed by atoms with Crippen molar-refractivity contribution in [3.8, 4) is 0 Å². The predicted octanol–water partition coefficient (Wildman–Crippen LogP) is 1.35. The molecular weight excluding hydrogens is 220 g/mol. The smallest absolute Gasteiger partial charge is 0.356 e. The summed E-state index contributed by atoms with van der Waals surface area (Å²) < 4.78 is 0. The lowest BCUT2D eigenvalue weighted by molar-refractivity contribution is 0.0691. The first-order valence-electron chi connectivity index (χ1n) is 5.78. The van der Waals surface area contributed by atoms with E-state index in [2.05, 4.69) is 10.3 Å². The lowest BCUT2D eigenvalue weighted by atomic mass is 10.0. The highest BCUT2D eigenvalue weighted by molar-refractivity contribution is 5.91. The van der Waals surface area contributed by atoms with Crippen molar-refractivity contribution in [1.82, 2.24) is 4.98 Å². The number of carbonyl (C=O) groups is 1. The summed E-state index contributed by atoms with van der Waals surface area (Å²) in [6, 6.07) is 3.56. The Morgan fingerprint density at radius 3 is 3.06 bits per heavy atom. The van der Waals surface area contributed by atoms with E-state index in [0.29, 0.717) is 5.69 Å². The summed E-state index contributed by atoms with van der Waals surface area (Å²) in [6.45, 7) is 0.139. The van der Waals surface area contributed by atoms with E-state index in [9.17, 15) is 9.90 Å². The molecule has 1 heterocycles. The standard InChI is InChI=1S/C12H16N2O3/c15-7-8-3-1-4-9(8)14-10-5-2-6-13-11(10)12(16)17/h2,5-6,8-9,14-15H,1,3-4,7H2,(H,16,17). The van der Waals surface area contributed by atoms with Crippen molar-refractivity contribution < 1.29 is 15.0 Å². The number of aliphatic hydroxyl groups is 1. The Kier molecular flexibility index (Phi) is 3.58. The monoisotopic (exact) mass is 236 g/mol. The highest BCUT2D eigenvalue weighted by atomic mass is 16.4. The largest absolute Gasteiger partial charge is 0.476 e. The van der Waals surface area contributed by atoms with Crippen molar-refractivity contribution in [2.75, 3.05) is 11.9 Å². The molecule has 0 saturated heterocycles. The summed E-state index contributed by atoms with van der Waals surface area (Å²) in [7, 11) is 0. The van der Waals surface area contributed by atoms with Crippen LogP contribution in [0.25, 0.3) is 0 Å². The molecule has 17 heavy (non-hydrogen) atoms. The zero-order chi connectivity index (χ0) is 12.3. The Morgan fingerprint density at radius 2 is 2.35 bits per heavy atom. The number of pyridine rings is 1. The molecule has 1 fully saturated rings. The van der Waals surface area contributed by atoms with Gasteiger partial charge in [0, 0.05) is 24.8 Å². The summed E-state index contributed by atoms with van der Waals surface area (Å²) in [6.07, 6.45) is 4.47. The SMILES string of the molecule is O=C(O)c1ncccc1NC1CCCC1CO. The van der Waals surface area contributed by atoms with Crippen molar-refractivity contribution in [1.29, 1.82) is 0 Å². The molecule has 1 aliphatic rings. The van der Waals surface area contributed by atoms with Crippen LogP contribution in [0.2, 0.25) is 0 Å². The predicted molar refractivity (Wildman–Crippen MR) is 63.0 cm³/mol. The van der Waals surface area contributed by atoms with E-state index in [1.54, 1.807) is 12.1 Å². The number of hydrogen-bond acceptors (Lipinski definition) is 4. The number of carboxylic acids is 1. The van der Waals surface area contributed by atoms with Crippen LogP contribution in [0.15, 0.2) is 18.3 Å². The van der Waals surface area contributed by atoms with Crippen molar-refractivity contribution in [3.63, 3.8) is 0 Å². The van der Waals surface area contributed by atoms with E-state index >= 15 is 0 Å². The van der Waals surface area contributed by atoms with E-state index in [-0.39, 0.29) is 24.3 Å². The zero-order valence-electron chi connectivity index (χ0n) is 9.47. The minimum atomic E-state index is -1.04.